The number of primary amides is 1. The molecular formula is C14H22FN3O. The Labute approximate surface area is 113 Å². The topological polar surface area (TPSA) is 58.4 Å². The molecule has 0 heterocycles. The highest BCUT2D eigenvalue weighted by atomic mass is 19.1. The van der Waals surface area contributed by atoms with Crippen LogP contribution in [-0.2, 0) is 4.79 Å². The van der Waals surface area contributed by atoms with Crippen molar-refractivity contribution in [3.05, 3.63) is 30.1 Å². The first-order valence-corrected chi connectivity index (χ1v) is 6.40. The second-order valence-corrected chi connectivity index (χ2v) is 4.96. The summed E-state index contributed by atoms with van der Waals surface area (Å²) in [6, 6.07) is 6.15. The summed E-state index contributed by atoms with van der Waals surface area (Å²) in [6.07, 6.45) is 0.920. The van der Waals surface area contributed by atoms with Crippen LogP contribution in [0.25, 0.3) is 0 Å². The van der Waals surface area contributed by atoms with E-state index in [2.05, 4.69) is 5.32 Å². The van der Waals surface area contributed by atoms with Gasteiger partial charge in [0.05, 0.1) is 0 Å². The van der Waals surface area contributed by atoms with E-state index < -0.39 is 11.4 Å². The van der Waals surface area contributed by atoms with Crippen LogP contribution in [-0.4, -0.2) is 31.6 Å². The van der Waals surface area contributed by atoms with Crippen LogP contribution in [0.1, 0.15) is 20.3 Å². The number of nitrogens with one attached hydrogen (secondary N) is 1. The summed E-state index contributed by atoms with van der Waals surface area (Å²) in [5.41, 5.74) is 5.51. The number of benzene rings is 1. The fraction of sp³-hybridized carbons (Fsp3) is 0.500. The molecule has 1 atom stereocenters. The van der Waals surface area contributed by atoms with Crippen molar-refractivity contribution in [1.29, 1.82) is 0 Å². The molecule has 0 saturated heterocycles. The lowest BCUT2D eigenvalue weighted by Gasteiger charge is -2.33. The number of amides is 1. The number of halogens is 1. The average molecular weight is 267 g/mol. The van der Waals surface area contributed by atoms with Crippen LogP contribution in [0, 0.1) is 5.82 Å². The molecule has 0 saturated carbocycles. The minimum absolute atomic E-state index is 0.279. The number of likely N-dealkylation sites (N-methyl/N-ethyl adjacent to an activating group) is 1. The van der Waals surface area contributed by atoms with Gasteiger partial charge < -0.3 is 16.0 Å². The van der Waals surface area contributed by atoms with E-state index in [1.54, 1.807) is 19.1 Å². The summed E-state index contributed by atoms with van der Waals surface area (Å²) in [6.45, 7) is 4.95. The predicted molar refractivity (Wildman–Crippen MR) is 75.6 cm³/mol. The van der Waals surface area contributed by atoms with Gasteiger partial charge in [0, 0.05) is 19.3 Å². The van der Waals surface area contributed by atoms with Crippen molar-refractivity contribution in [3.63, 3.8) is 0 Å². The molecule has 0 aliphatic carbocycles. The van der Waals surface area contributed by atoms with Gasteiger partial charge in [0.2, 0.25) is 5.91 Å². The van der Waals surface area contributed by atoms with Gasteiger partial charge in [0.1, 0.15) is 11.4 Å². The Hall–Kier alpha value is -1.62. The van der Waals surface area contributed by atoms with Crippen molar-refractivity contribution in [3.8, 4) is 0 Å². The van der Waals surface area contributed by atoms with Crippen molar-refractivity contribution in [1.82, 2.24) is 5.32 Å². The Morgan fingerprint density at radius 2 is 2.00 bits per heavy atom. The largest absolute Gasteiger partial charge is 0.372 e. The number of nitrogens with zero attached hydrogens (tertiary/aromatic N) is 1. The zero-order chi connectivity index (χ0) is 14.5. The molecule has 0 bridgehead atoms. The van der Waals surface area contributed by atoms with Crippen LogP contribution < -0.4 is 16.0 Å². The van der Waals surface area contributed by atoms with Crippen LogP contribution in [0.15, 0.2) is 24.3 Å². The van der Waals surface area contributed by atoms with Crippen molar-refractivity contribution in [2.75, 3.05) is 25.0 Å². The number of hydrogen-bond acceptors (Lipinski definition) is 3. The molecule has 4 nitrogen and oxygen atoms in total. The van der Waals surface area contributed by atoms with Crippen LogP contribution >= 0.6 is 0 Å². The standard InChI is InChI=1S/C14H22FN3O/c1-4-9-17-14(2,13(16)19)10-18(3)12-7-5-11(15)6-8-12/h5-8,17H,4,9-10H2,1-3H3,(H2,16,19). The Morgan fingerprint density at radius 1 is 1.42 bits per heavy atom. The molecule has 0 aliphatic heterocycles. The predicted octanol–water partition coefficient (Wildman–Crippen LogP) is 1.51. The lowest BCUT2D eigenvalue weighted by Crippen LogP contribution is -2.59. The molecule has 1 unspecified atom stereocenters. The summed E-state index contributed by atoms with van der Waals surface area (Å²) >= 11 is 0. The first-order chi connectivity index (χ1) is 8.89. The molecule has 0 radical (unpaired) electrons. The number of rotatable bonds is 7. The Balaban J connectivity index is 2.78. The second-order valence-electron chi connectivity index (χ2n) is 4.96. The lowest BCUT2D eigenvalue weighted by atomic mass is 10.0. The summed E-state index contributed by atoms with van der Waals surface area (Å²) in [4.78, 5) is 13.5. The van der Waals surface area contributed by atoms with E-state index in [4.69, 9.17) is 5.73 Å². The van der Waals surface area contributed by atoms with Crippen LogP contribution in [0.3, 0.4) is 0 Å². The van der Waals surface area contributed by atoms with Crippen molar-refractivity contribution in [2.24, 2.45) is 5.73 Å². The third-order valence-corrected chi connectivity index (χ3v) is 3.13. The normalized spacial score (nSPS) is 13.9. The molecule has 19 heavy (non-hydrogen) atoms. The third kappa shape index (κ3) is 4.21. The first kappa shape index (κ1) is 15.4. The monoisotopic (exact) mass is 267 g/mol. The number of anilines is 1. The summed E-state index contributed by atoms with van der Waals surface area (Å²) in [5.74, 6) is -0.672. The molecule has 1 aromatic rings. The molecule has 106 valence electrons. The number of carbonyl (C=O) groups is 1. The molecular weight excluding hydrogens is 245 g/mol. The van der Waals surface area contributed by atoms with Crippen LogP contribution in [0.4, 0.5) is 10.1 Å². The van der Waals surface area contributed by atoms with E-state index in [1.807, 2.05) is 18.9 Å². The fourth-order valence-corrected chi connectivity index (χ4v) is 1.88. The average Bonchev–Trinajstić information content (AvgIpc) is 2.36. The van der Waals surface area contributed by atoms with E-state index in [0.29, 0.717) is 6.54 Å². The van der Waals surface area contributed by atoms with Gasteiger partial charge in [-0.05, 0) is 44.2 Å². The van der Waals surface area contributed by atoms with E-state index in [0.717, 1.165) is 18.7 Å². The molecule has 5 heteroatoms. The number of hydrogen-bond donors (Lipinski definition) is 2. The lowest BCUT2D eigenvalue weighted by molar-refractivity contribution is -0.123. The SMILES string of the molecule is CCCNC(C)(CN(C)c1ccc(F)cc1)C(N)=O. The molecule has 3 N–H and O–H groups in total. The zero-order valence-corrected chi connectivity index (χ0v) is 11.7. The molecule has 0 aromatic heterocycles. The molecule has 1 amide bonds. The van der Waals surface area contributed by atoms with Crippen LogP contribution in [0.5, 0.6) is 0 Å². The molecule has 1 rings (SSSR count). The first-order valence-electron chi connectivity index (χ1n) is 6.40. The van der Waals surface area contributed by atoms with Gasteiger partial charge in [0.25, 0.3) is 0 Å². The minimum atomic E-state index is -0.806. The fourth-order valence-electron chi connectivity index (χ4n) is 1.88. The summed E-state index contributed by atoms with van der Waals surface area (Å²) in [7, 11) is 1.85. The van der Waals surface area contributed by atoms with Gasteiger partial charge in [-0.15, -0.1) is 0 Å². The quantitative estimate of drug-likeness (QED) is 0.787. The van der Waals surface area contributed by atoms with Gasteiger partial charge in [-0.1, -0.05) is 6.92 Å². The van der Waals surface area contributed by atoms with Crippen molar-refractivity contribution >= 4 is 11.6 Å². The Kier molecular flexibility index (Phi) is 5.30. The van der Waals surface area contributed by atoms with Gasteiger partial charge in [-0.3, -0.25) is 4.79 Å². The Morgan fingerprint density at radius 3 is 2.47 bits per heavy atom. The summed E-state index contributed by atoms with van der Waals surface area (Å²) < 4.78 is 12.9. The highest BCUT2D eigenvalue weighted by Crippen LogP contribution is 2.16. The minimum Gasteiger partial charge on any atom is -0.372 e. The maximum atomic E-state index is 12.9. The van der Waals surface area contributed by atoms with Gasteiger partial charge in [-0.25, -0.2) is 4.39 Å². The van der Waals surface area contributed by atoms with Crippen molar-refractivity contribution < 1.29 is 9.18 Å². The second kappa shape index (κ2) is 6.52. The zero-order valence-electron chi connectivity index (χ0n) is 11.7. The maximum Gasteiger partial charge on any atom is 0.239 e. The molecule has 1 aromatic carbocycles. The smallest absolute Gasteiger partial charge is 0.239 e. The van der Waals surface area contributed by atoms with Crippen molar-refractivity contribution in [2.45, 2.75) is 25.8 Å². The highest BCUT2D eigenvalue weighted by molar-refractivity contribution is 5.85. The highest BCUT2D eigenvalue weighted by Gasteiger charge is 2.31. The van der Waals surface area contributed by atoms with E-state index >= 15 is 0 Å². The van der Waals surface area contributed by atoms with E-state index in [9.17, 15) is 9.18 Å². The van der Waals surface area contributed by atoms with E-state index in [1.165, 1.54) is 12.1 Å². The van der Waals surface area contributed by atoms with Crippen LogP contribution in [0.2, 0.25) is 0 Å². The molecule has 0 spiro atoms. The molecule has 0 aliphatic rings. The Bertz CT molecular complexity index is 421. The number of nitrogens with two attached hydrogens (primary N) is 1. The van der Waals surface area contributed by atoms with Gasteiger partial charge in [0.15, 0.2) is 0 Å². The maximum absolute atomic E-state index is 12.9. The van der Waals surface area contributed by atoms with Gasteiger partial charge >= 0.3 is 0 Å². The third-order valence-electron chi connectivity index (χ3n) is 3.13. The molecule has 0 fully saturated rings. The van der Waals surface area contributed by atoms with E-state index in [-0.39, 0.29) is 5.82 Å². The summed E-state index contributed by atoms with van der Waals surface area (Å²) in [5, 5.41) is 3.17. The number of carbonyl (C=O) groups excluding carboxylic acids is 1. The van der Waals surface area contributed by atoms with Gasteiger partial charge in [-0.2, -0.15) is 0 Å².